The third kappa shape index (κ3) is 2.92. The minimum atomic E-state index is -1.09. The first-order valence-electron chi connectivity index (χ1n) is 5.41. The smallest absolute Gasteiger partial charge is 0.337 e. The molecule has 0 spiro atoms. The average Bonchev–Trinajstić information content (AvgIpc) is 2.41. The summed E-state index contributed by atoms with van der Waals surface area (Å²) in [5, 5.41) is 8.80. The van der Waals surface area contributed by atoms with Crippen molar-refractivity contribution >= 4 is 11.7 Å². The van der Waals surface area contributed by atoms with Gasteiger partial charge in [-0.05, 0) is 30.3 Å². The number of nitrogens with two attached hydrogens (primary N) is 1. The molecule has 6 heteroatoms. The van der Waals surface area contributed by atoms with E-state index in [-0.39, 0.29) is 17.1 Å². The second-order valence-corrected chi connectivity index (χ2v) is 3.70. The first-order valence-corrected chi connectivity index (χ1v) is 5.41. The minimum Gasteiger partial charge on any atom is -0.497 e. The number of nitrogen functional groups attached to an aromatic ring is 1. The topological polar surface area (TPSA) is 94.7 Å². The SMILES string of the molecule is COc1ccc(Oc2ncc(C(=O)O)cc2N)cc1. The van der Waals surface area contributed by atoms with E-state index >= 15 is 0 Å². The van der Waals surface area contributed by atoms with E-state index in [2.05, 4.69) is 4.98 Å². The number of pyridine rings is 1. The second-order valence-electron chi connectivity index (χ2n) is 3.70. The molecule has 0 radical (unpaired) electrons. The van der Waals surface area contributed by atoms with Gasteiger partial charge in [0, 0.05) is 6.20 Å². The standard InChI is InChI=1S/C13H12N2O4/c1-18-9-2-4-10(5-3-9)19-12-11(14)6-8(7-15-12)13(16)17/h2-7H,14H2,1H3,(H,16,17). The Morgan fingerprint density at radius 1 is 1.26 bits per heavy atom. The van der Waals surface area contributed by atoms with Gasteiger partial charge in [0.05, 0.1) is 18.4 Å². The molecule has 0 aliphatic heterocycles. The summed E-state index contributed by atoms with van der Waals surface area (Å²) in [5.74, 6) is 0.308. The molecule has 0 amide bonds. The number of hydrogen-bond acceptors (Lipinski definition) is 5. The number of rotatable bonds is 4. The van der Waals surface area contributed by atoms with Gasteiger partial charge in [-0.3, -0.25) is 0 Å². The molecule has 0 fully saturated rings. The second kappa shape index (κ2) is 5.26. The van der Waals surface area contributed by atoms with Crippen molar-refractivity contribution in [2.75, 3.05) is 12.8 Å². The number of hydrogen-bond donors (Lipinski definition) is 2. The van der Waals surface area contributed by atoms with E-state index in [1.807, 2.05) is 0 Å². The fourth-order valence-corrected chi connectivity index (χ4v) is 1.43. The molecular weight excluding hydrogens is 248 g/mol. The van der Waals surface area contributed by atoms with Gasteiger partial charge in [-0.25, -0.2) is 9.78 Å². The number of ether oxygens (including phenoxy) is 2. The molecular formula is C13H12N2O4. The highest BCUT2D eigenvalue weighted by molar-refractivity contribution is 5.88. The molecule has 1 aromatic heterocycles. The van der Waals surface area contributed by atoms with Gasteiger partial charge in [0.1, 0.15) is 11.5 Å². The van der Waals surface area contributed by atoms with Crippen LogP contribution in [0.2, 0.25) is 0 Å². The van der Waals surface area contributed by atoms with Crippen LogP contribution in [0, 0.1) is 0 Å². The average molecular weight is 260 g/mol. The first kappa shape index (κ1) is 12.7. The highest BCUT2D eigenvalue weighted by Crippen LogP contribution is 2.26. The van der Waals surface area contributed by atoms with Gasteiger partial charge in [-0.2, -0.15) is 0 Å². The molecule has 6 nitrogen and oxygen atoms in total. The van der Waals surface area contributed by atoms with Crippen molar-refractivity contribution in [3.05, 3.63) is 42.1 Å². The number of carboxylic acid groups (broad SMARTS) is 1. The number of benzene rings is 1. The number of anilines is 1. The van der Waals surface area contributed by atoms with Gasteiger partial charge >= 0.3 is 5.97 Å². The van der Waals surface area contributed by atoms with E-state index < -0.39 is 5.97 Å². The van der Waals surface area contributed by atoms with Crippen LogP contribution >= 0.6 is 0 Å². The quantitative estimate of drug-likeness (QED) is 0.874. The van der Waals surface area contributed by atoms with E-state index in [0.717, 1.165) is 0 Å². The van der Waals surface area contributed by atoms with Gasteiger partial charge in [-0.15, -0.1) is 0 Å². The van der Waals surface area contributed by atoms with Crippen LogP contribution in [0.15, 0.2) is 36.5 Å². The highest BCUT2D eigenvalue weighted by atomic mass is 16.5. The van der Waals surface area contributed by atoms with Crippen molar-refractivity contribution in [1.29, 1.82) is 0 Å². The summed E-state index contributed by atoms with van der Waals surface area (Å²) in [5.41, 5.74) is 5.86. The van der Waals surface area contributed by atoms with Crippen molar-refractivity contribution in [2.24, 2.45) is 0 Å². The van der Waals surface area contributed by atoms with E-state index in [1.165, 1.54) is 12.3 Å². The van der Waals surface area contributed by atoms with Crippen molar-refractivity contribution in [3.8, 4) is 17.4 Å². The summed E-state index contributed by atoms with van der Waals surface area (Å²) in [6, 6.07) is 8.17. The zero-order chi connectivity index (χ0) is 13.8. The van der Waals surface area contributed by atoms with Crippen molar-refractivity contribution in [1.82, 2.24) is 4.98 Å². The number of nitrogens with zero attached hydrogens (tertiary/aromatic N) is 1. The molecule has 0 bridgehead atoms. The van der Waals surface area contributed by atoms with Crippen LogP contribution in [-0.4, -0.2) is 23.2 Å². The summed E-state index contributed by atoms with van der Waals surface area (Å²) in [4.78, 5) is 14.6. The van der Waals surface area contributed by atoms with Gasteiger partial charge in [0.25, 0.3) is 0 Å². The summed E-state index contributed by atoms with van der Waals surface area (Å²) in [6.45, 7) is 0. The Morgan fingerprint density at radius 2 is 1.89 bits per heavy atom. The summed E-state index contributed by atoms with van der Waals surface area (Å²) >= 11 is 0. The molecule has 0 saturated heterocycles. The van der Waals surface area contributed by atoms with Crippen LogP contribution in [0.1, 0.15) is 10.4 Å². The van der Waals surface area contributed by atoms with Gasteiger partial charge < -0.3 is 20.3 Å². The summed E-state index contributed by atoms with van der Waals surface area (Å²) in [7, 11) is 1.57. The van der Waals surface area contributed by atoms with Crippen LogP contribution in [0.3, 0.4) is 0 Å². The fraction of sp³-hybridized carbons (Fsp3) is 0.0769. The molecule has 0 unspecified atom stereocenters. The Kier molecular flexibility index (Phi) is 3.51. The monoisotopic (exact) mass is 260 g/mol. The molecule has 0 atom stereocenters. The Labute approximate surface area is 109 Å². The zero-order valence-electron chi connectivity index (χ0n) is 10.2. The predicted octanol–water partition coefficient (Wildman–Crippen LogP) is 2.16. The van der Waals surface area contributed by atoms with Crippen LogP contribution in [0.4, 0.5) is 5.69 Å². The normalized spacial score (nSPS) is 9.95. The minimum absolute atomic E-state index is 0.0135. The molecule has 19 heavy (non-hydrogen) atoms. The fourth-order valence-electron chi connectivity index (χ4n) is 1.43. The van der Waals surface area contributed by atoms with Gasteiger partial charge in [-0.1, -0.05) is 0 Å². The van der Waals surface area contributed by atoms with Crippen LogP contribution in [0.5, 0.6) is 17.4 Å². The Balaban J connectivity index is 2.20. The first-order chi connectivity index (χ1) is 9.10. The maximum Gasteiger partial charge on any atom is 0.337 e. The molecule has 2 aromatic rings. The maximum absolute atomic E-state index is 10.7. The molecule has 2 rings (SSSR count). The Hall–Kier alpha value is -2.76. The molecule has 1 aromatic carbocycles. The third-order valence-electron chi connectivity index (χ3n) is 2.40. The van der Waals surface area contributed by atoms with Crippen LogP contribution in [-0.2, 0) is 0 Å². The lowest BCUT2D eigenvalue weighted by Crippen LogP contribution is -2.01. The maximum atomic E-state index is 10.7. The van der Waals surface area contributed by atoms with E-state index in [1.54, 1.807) is 31.4 Å². The lowest BCUT2D eigenvalue weighted by atomic mass is 10.2. The van der Waals surface area contributed by atoms with E-state index in [9.17, 15) is 4.79 Å². The van der Waals surface area contributed by atoms with Gasteiger partial charge in [0.15, 0.2) is 0 Å². The molecule has 0 saturated carbocycles. The van der Waals surface area contributed by atoms with Crippen LogP contribution in [0.25, 0.3) is 0 Å². The van der Waals surface area contributed by atoms with E-state index in [4.69, 9.17) is 20.3 Å². The van der Waals surface area contributed by atoms with Crippen molar-refractivity contribution in [2.45, 2.75) is 0 Å². The number of aromatic nitrogens is 1. The number of carbonyl (C=O) groups is 1. The van der Waals surface area contributed by atoms with Crippen molar-refractivity contribution < 1.29 is 19.4 Å². The largest absolute Gasteiger partial charge is 0.497 e. The summed E-state index contributed by atoms with van der Waals surface area (Å²) < 4.78 is 10.5. The molecule has 0 aliphatic carbocycles. The Morgan fingerprint density at radius 3 is 2.42 bits per heavy atom. The van der Waals surface area contributed by atoms with Crippen LogP contribution < -0.4 is 15.2 Å². The lowest BCUT2D eigenvalue weighted by molar-refractivity contribution is 0.0696. The molecule has 1 heterocycles. The van der Waals surface area contributed by atoms with Crippen molar-refractivity contribution in [3.63, 3.8) is 0 Å². The number of methoxy groups -OCH3 is 1. The predicted molar refractivity (Wildman–Crippen MR) is 68.7 cm³/mol. The van der Waals surface area contributed by atoms with Gasteiger partial charge in [0.2, 0.25) is 5.88 Å². The zero-order valence-corrected chi connectivity index (χ0v) is 10.2. The Bertz CT molecular complexity index is 596. The third-order valence-corrected chi connectivity index (χ3v) is 2.40. The molecule has 0 aliphatic rings. The van der Waals surface area contributed by atoms with E-state index in [0.29, 0.717) is 11.5 Å². The number of carboxylic acids is 1. The highest BCUT2D eigenvalue weighted by Gasteiger charge is 2.09. The molecule has 98 valence electrons. The summed E-state index contributed by atoms with van der Waals surface area (Å²) in [6.07, 6.45) is 1.19. The lowest BCUT2D eigenvalue weighted by Gasteiger charge is -2.08. The number of aromatic carboxylic acids is 1. The molecule has 3 N–H and O–H groups in total.